The Morgan fingerprint density at radius 3 is 2.56 bits per heavy atom. The number of carbonyl (C=O) groups is 4. The van der Waals surface area contributed by atoms with Crippen molar-refractivity contribution >= 4 is 40.5 Å². The zero-order chi connectivity index (χ0) is 29.7. The summed E-state index contributed by atoms with van der Waals surface area (Å²) in [6, 6.07) is 8.23. The summed E-state index contributed by atoms with van der Waals surface area (Å²) in [6.45, 7) is 10.1. The molecule has 2 aromatic rings. The molecule has 0 aliphatic carbocycles. The molecule has 10 nitrogen and oxygen atoms in total. The van der Waals surface area contributed by atoms with Gasteiger partial charge in [-0.1, -0.05) is 44.2 Å². The molecule has 10 heteroatoms. The molecule has 3 heterocycles. The van der Waals surface area contributed by atoms with Crippen LogP contribution >= 0.6 is 0 Å². The van der Waals surface area contributed by atoms with E-state index in [9.17, 15) is 19.2 Å². The van der Waals surface area contributed by atoms with Gasteiger partial charge in [-0.05, 0) is 57.2 Å². The topological polar surface area (TPSA) is 127 Å². The van der Waals surface area contributed by atoms with Crippen LogP contribution in [0, 0.1) is 11.3 Å². The number of hydrazine groups is 1. The van der Waals surface area contributed by atoms with Crippen molar-refractivity contribution in [3.63, 3.8) is 0 Å². The van der Waals surface area contributed by atoms with Crippen molar-refractivity contribution in [3.05, 3.63) is 47.7 Å². The van der Waals surface area contributed by atoms with Gasteiger partial charge in [0.1, 0.15) is 24.0 Å². The van der Waals surface area contributed by atoms with Gasteiger partial charge < -0.3 is 14.8 Å². The number of ketones is 1. The number of hydrogen-bond acceptors (Lipinski definition) is 8. The summed E-state index contributed by atoms with van der Waals surface area (Å²) < 4.78 is 11.0. The summed E-state index contributed by atoms with van der Waals surface area (Å²) >= 11 is 0. The molecular formula is C31H40N4O6. The van der Waals surface area contributed by atoms with Crippen molar-refractivity contribution in [1.29, 1.82) is 0 Å². The predicted octanol–water partition coefficient (Wildman–Crippen LogP) is 3.50. The first-order valence-electron chi connectivity index (χ1n) is 14.2. The summed E-state index contributed by atoms with van der Waals surface area (Å²) in [6.07, 6.45) is 4.70. The molecule has 1 aromatic heterocycles. The molecule has 2 aliphatic rings. The third-order valence-electron chi connectivity index (χ3n) is 7.54. The van der Waals surface area contributed by atoms with E-state index in [1.165, 1.54) is 5.01 Å². The zero-order valence-electron chi connectivity index (χ0n) is 24.4. The first-order chi connectivity index (χ1) is 19.5. The minimum atomic E-state index is -0.709. The van der Waals surface area contributed by atoms with E-state index in [4.69, 9.17) is 14.5 Å². The van der Waals surface area contributed by atoms with Crippen LogP contribution in [-0.4, -0.2) is 65.4 Å². The maximum Gasteiger partial charge on any atom is 0.325 e. The monoisotopic (exact) mass is 564 g/mol. The number of nitrogens with one attached hydrogen (secondary N) is 2. The van der Waals surface area contributed by atoms with E-state index >= 15 is 0 Å². The van der Waals surface area contributed by atoms with Crippen molar-refractivity contribution in [2.45, 2.75) is 72.1 Å². The smallest absolute Gasteiger partial charge is 0.325 e. The number of ether oxygens (including phenoxy) is 2. The fourth-order valence-electron chi connectivity index (χ4n) is 4.87. The van der Waals surface area contributed by atoms with Crippen LogP contribution in [0.2, 0.25) is 0 Å². The number of pyridine rings is 1. The Kier molecular flexibility index (Phi) is 9.55. The fourth-order valence-corrected chi connectivity index (χ4v) is 4.87. The van der Waals surface area contributed by atoms with Crippen LogP contribution in [-0.2, 0) is 28.7 Å². The van der Waals surface area contributed by atoms with Crippen molar-refractivity contribution in [1.82, 2.24) is 20.7 Å². The van der Waals surface area contributed by atoms with E-state index < -0.39 is 29.6 Å². The number of fused-ring (bicyclic) bond motifs is 1. The molecule has 0 spiro atoms. The van der Waals surface area contributed by atoms with E-state index in [0.29, 0.717) is 44.7 Å². The molecule has 1 unspecified atom stereocenters. The Balaban J connectivity index is 1.37. The number of benzene rings is 1. The zero-order valence-corrected chi connectivity index (χ0v) is 24.4. The summed E-state index contributed by atoms with van der Waals surface area (Å²) in [5.74, 6) is -0.674. The molecule has 2 saturated heterocycles. The highest BCUT2D eigenvalue weighted by molar-refractivity contribution is 5.88. The molecule has 0 saturated carbocycles. The second-order valence-corrected chi connectivity index (χ2v) is 11.5. The molecule has 1 aromatic carbocycles. The second kappa shape index (κ2) is 12.9. The van der Waals surface area contributed by atoms with E-state index in [2.05, 4.69) is 10.7 Å². The van der Waals surface area contributed by atoms with Gasteiger partial charge in [0.2, 0.25) is 5.91 Å². The minimum absolute atomic E-state index is 0.0831. The Morgan fingerprint density at radius 1 is 1.17 bits per heavy atom. The average Bonchev–Trinajstić information content (AvgIpc) is 2.90. The highest BCUT2D eigenvalue weighted by Crippen LogP contribution is 2.31. The van der Waals surface area contributed by atoms with Crippen molar-refractivity contribution in [2.75, 3.05) is 19.8 Å². The van der Waals surface area contributed by atoms with Crippen molar-refractivity contribution in [3.8, 4) is 0 Å². The molecule has 3 atom stereocenters. The fraction of sp³-hybridized carbons (Fsp3) is 0.516. The first-order valence-corrected chi connectivity index (χ1v) is 14.2. The maximum atomic E-state index is 13.0. The molecule has 2 fully saturated rings. The summed E-state index contributed by atoms with van der Waals surface area (Å²) in [5, 5.41) is 5.07. The predicted molar refractivity (Wildman–Crippen MR) is 154 cm³/mol. The number of aromatic nitrogens is 1. The van der Waals surface area contributed by atoms with Gasteiger partial charge in [-0.2, -0.15) is 0 Å². The van der Waals surface area contributed by atoms with Gasteiger partial charge in [0.25, 0.3) is 5.91 Å². The van der Waals surface area contributed by atoms with E-state index in [0.717, 1.165) is 16.5 Å². The average molecular weight is 565 g/mol. The lowest BCUT2D eigenvalue weighted by atomic mass is 9.81. The number of Topliss-reactive ketones (excluding diaryl/α,β-unsaturated/α-hetero) is 1. The van der Waals surface area contributed by atoms with Crippen LogP contribution in [0.5, 0.6) is 0 Å². The molecule has 2 N–H and O–H groups in total. The summed E-state index contributed by atoms with van der Waals surface area (Å²) in [5.41, 5.74) is 4.68. The molecule has 2 amide bonds. The molecular weight excluding hydrogens is 524 g/mol. The van der Waals surface area contributed by atoms with Crippen LogP contribution in [0.15, 0.2) is 36.4 Å². The highest BCUT2D eigenvalue weighted by Gasteiger charge is 2.40. The van der Waals surface area contributed by atoms with Gasteiger partial charge >= 0.3 is 5.97 Å². The molecule has 41 heavy (non-hydrogen) atoms. The van der Waals surface area contributed by atoms with E-state index in [1.807, 2.05) is 56.3 Å². The number of nitrogens with zero attached hydrogens (tertiary/aromatic N) is 2. The number of amides is 2. The SMILES string of the molecule is CC(=O)C1(/C=C/c2ccc3ccc([C@@H](C)OC(=O)[C@@H]4CCCN(C(=O)C(C)NC(=O)CC(C)C)N4)nc3c2)COC1. The van der Waals surface area contributed by atoms with Crippen molar-refractivity contribution < 1.29 is 28.7 Å². The van der Waals surface area contributed by atoms with Crippen LogP contribution in [0.4, 0.5) is 0 Å². The summed E-state index contributed by atoms with van der Waals surface area (Å²) in [4.78, 5) is 54.8. The minimum Gasteiger partial charge on any atom is -0.455 e. The Bertz CT molecular complexity index is 1340. The normalized spacial score (nSPS) is 20.0. The lowest BCUT2D eigenvalue weighted by Crippen LogP contribution is -2.59. The molecule has 0 bridgehead atoms. The van der Waals surface area contributed by atoms with Gasteiger partial charge in [0, 0.05) is 18.4 Å². The first kappa shape index (κ1) is 30.3. The Labute approximate surface area is 240 Å². The van der Waals surface area contributed by atoms with Crippen LogP contribution in [0.3, 0.4) is 0 Å². The molecule has 2 aliphatic heterocycles. The van der Waals surface area contributed by atoms with Crippen molar-refractivity contribution in [2.24, 2.45) is 11.3 Å². The Morgan fingerprint density at radius 2 is 1.90 bits per heavy atom. The molecule has 0 radical (unpaired) electrons. The molecule has 4 rings (SSSR count). The van der Waals surface area contributed by atoms with Gasteiger partial charge in [-0.25, -0.2) is 10.4 Å². The van der Waals surface area contributed by atoms with Gasteiger partial charge in [0.15, 0.2) is 0 Å². The second-order valence-electron chi connectivity index (χ2n) is 11.5. The lowest BCUT2D eigenvalue weighted by Gasteiger charge is -2.36. The number of esters is 1. The summed E-state index contributed by atoms with van der Waals surface area (Å²) in [7, 11) is 0. The molecule has 220 valence electrons. The number of hydrogen-bond donors (Lipinski definition) is 2. The largest absolute Gasteiger partial charge is 0.455 e. The lowest BCUT2D eigenvalue weighted by molar-refractivity contribution is -0.157. The highest BCUT2D eigenvalue weighted by atomic mass is 16.5. The number of rotatable bonds is 10. The third kappa shape index (κ3) is 7.37. The number of carbonyl (C=O) groups excluding carboxylic acids is 4. The van der Waals surface area contributed by atoms with Crippen LogP contribution in [0.25, 0.3) is 17.0 Å². The standard InChI is InChI=1S/C31H40N4O6/c1-19(2)15-28(37)32-20(3)29(38)35-14-6-7-26(34-35)30(39)41-21(4)25-11-10-24-9-8-23(16-27(24)33-25)12-13-31(22(5)36)17-40-18-31/h8-13,16,19-21,26,34H,6-7,14-15,17-18H2,1-5H3,(H,32,37)/b13-12+/t20?,21-,26+/m1/s1. The van der Waals surface area contributed by atoms with Gasteiger partial charge in [-0.15, -0.1) is 0 Å². The van der Waals surface area contributed by atoms with Crippen LogP contribution in [0.1, 0.15) is 71.2 Å². The van der Waals surface area contributed by atoms with Crippen LogP contribution < -0.4 is 10.7 Å². The van der Waals surface area contributed by atoms with E-state index in [1.54, 1.807) is 20.8 Å². The Hall–Kier alpha value is -3.63. The quantitative estimate of drug-likeness (QED) is 0.420. The van der Waals surface area contributed by atoms with Gasteiger partial charge in [-0.3, -0.25) is 24.2 Å². The van der Waals surface area contributed by atoms with Gasteiger partial charge in [0.05, 0.1) is 29.8 Å². The third-order valence-corrected chi connectivity index (χ3v) is 7.54. The maximum absolute atomic E-state index is 13.0. The van der Waals surface area contributed by atoms with E-state index in [-0.39, 0.29) is 23.5 Å².